The van der Waals surface area contributed by atoms with E-state index in [0.29, 0.717) is 31.0 Å². The van der Waals surface area contributed by atoms with Crippen molar-refractivity contribution in [2.75, 3.05) is 31.7 Å². The van der Waals surface area contributed by atoms with Gasteiger partial charge in [-0.3, -0.25) is 19.3 Å². The molecule has 228 valence electrons. The summed E-state index contributed by atoms with van der Waals surface area (Å²) in [5.74, 6) is -0.953. The van der Waals surface area contributed by atoms with Gasteiger partial charge < -0.3 is 19.7 Å². The predicted molar refractivity (Wildman–Crippen MR) is 167 cm³/mol. The van der Waals surface area contributed by atoms with Crippen LogP contribution in [0.3, 0.4) is 0 Å². The number of likely N-dealkylation sites (tertiary alicyclic amines) is 1. The van der Waals surface area contributed by atoms with Crippen LogP contribution in [0.5, 0.6) is 0 Å². The number of hydrogen-bond acceptors (Lipinski definition) is 7. The molecule has 0 aliphatic carbocycles. The second-order valence-corrected chi connectivity index (χ2v) is 18.8. The topological polar surface area (TPSA) is 116 Å². The van der Waals surface area contributed by atoms with E-state index in [0.717, 1.165) is 53.8 Å². The number of nitrogens with zero attached hydrogens (tertiary/aromatic N) is 6. The van der Waals surface area contributed by atoms with E-state index in [-0.39, 0.29) is 24.7 Å². The summed E-state index contributed by atoms with van der Waals surface area (Å²) < 4.78 is 15.2. The van der Waals surface area contributed by atoms with Gasteiger partial charge in [0.2, 0.25) is 0 Å². The Morgan fingerprint density at radius 3 is 2.77 bits per heavy atom. The molecule has 0 bridgehead atoms. The van der Waals surface area contributed by atoms with Gasteiger partial charge in [-0.05, 0) is 42.9 Å². The van der Waals surface area contributed by atoms with Crippen LogP contribution in [-0.2, 0) is 25.8 Å². The Morgan fingerprint density at radius 1 is 1.12 bits per heavy atom. The highest BCUT2D eigenvalue weighted by Gasteiger charge is 2.35. The zero-order chi connectivity index (χ0) is 30.1. The largest absolute Gasteiger partial charge is 0.379 e. The maximum absolute atomic E-state index is 13.8. The normalized spacial score (nSPS) is 21.1. The molecule has 2 fully saturated rings. The van der Waals surface area contributed by atoms with Crippen LogP contribution in [0.4, 0.5) is 5.69 Å². The number of aromatic nitrogens is 5. The molecule has 3 unspecified atom stereocenters. The molecule has 43 heavy (non-hydrogen) atoms. The van der Waals surface area contributed by atoms with Gasteiger partial charge in [-0.15, -0.1) is 0 Å². The molecular formula is C31H41N7O4Si. The van der Waals surface area contributed by atoms with Crippen LogP contribution in [0.2, 0.25) is 25.7 Å². The van der Waals surface area contributed by atoms with E-state index in [1.54, 1.807) is 28.2 Å². The predicted octanol–water partition coefficient (Wildman–Crippen LogP) is 4.99. The molecule has 0 spiro atoms. The van der Waals surface area contributed by atoms with Gasteiger partial charge >= 0.3 is 11.8 Å². The second kappa shape index (κ2) is 12.2. The monoisotopic (exact) mass is 603 g/mol. The van der Waals surface area contributed by atoms with Crippen molar-refractivity contribution in [3.05, 3.63) is 48.5 Å². The van der Waals surface area contributed by atoms with Gasteiger partial charge in [0.25, 0.3) is 0 Å². The van der Waals surface area contributed by atoms with Crippen LogP contribution in [0.25, 0.3) is 21.8 Å². The zero-order valence-corrected chi connectivity index (χ0v) is 26.5. The van der Waals surface area contributed by atoms with Gasteiger partial charge in [0, 0.05) is 51.0 Å². The van der Waals surface area contributed by atoms with Gasteiger partial charge in [-0.25, -0.2) is 4.68 Å². The van der Waals surface area contributed by atoms with Gasteiger partial charge in [0.05, 0.1) is 47.8 Å². The van der Waals surface area contributed by atoms with Gasteiger partial charge in [-0.1, -0.05) is 38.7 Å². The lowest BCUT2D eigenvalue weighted by Crippen LogP contribution is -2.46. The van der Waals surface area contributed by atoms with E-state index in [4.69, 9.17) is 14.6 Å². The van der Waals surface area contributed by atoms with Crippen molar-refractivity contribution >= 4 is 47.4 Å². The lowest BCUT2D eigenvalue weighted by molar-refractivity contribution is -0.146. The maximum atomic E-state index is 13.8. The molecule has 0 saturated carbocycles. The van der Waals surface area contributed by atoms with E-state index in [2.05, 4.69) is 66.4 Å². The highest BCUT2D eigenvalue weighted by Crippen LogP contribution is 2.35. The molecule has 5 heterocycles. The number of benzene rings is 1. The Bertz CT molecular complexity index is 1620. The van der Waals surface area contributed by atoms with E-state index in [9.17, 15) is 9.59 Å². The Hall–Kier alpha value is -3.61. The first-order chi connectivity index (χ1) is 20.7. The fraction of sp³-hybridized carbons (Fsp3) is 0.516. The fourth-order valence-electron chi connectivity index (χ4n) is 5.97. The summed E-state index contributed by atoms with van der Waals surface area (Å²) in [7, 11) is -1.22. The summed E-state index contributed by atoms with van der Waals surface area (Å²) in [6.45, 7) is 11.9. The van der Waals surface area contributed by atoms with Gasteiger partial charge in [0.15, 0.2) is 0 Å². The minimum absolute atomic E-state index is 0.210. The molecule has 2 aliphatic heterocycles. The Morgan fingerprint density at radius 2 is 1.98 bits per heavy atom. The summed E-state index contributed by atoms with van der Waals surface area (Å²) in [6.07, 6.45) is 9.72. The first-order valence-corrected chi connectivity index (χ1v) is 18.9. The average Bonchev–Trinajstić information content (AvgIpc) is 3.74. The molecule has 4 aromatic rings. The highest BCUT2D eigenvalue weighted by atomic mass is 28.3. The van der Waals surface area contributed by atoms with Crippen molar-refractivity contribution in [2.45, 2.75) is 70.7 Å². The lowest BCUT2D eigenvalue weighted by atomic mass is 9.89. The van der Waals surface area contributed by atoms with E-state index < -0.39 is 19.9 Å². The van der Waals surface area contributed by atoms with Gasteiger partial charge in [-0.2, -0.15) is 10.2 Å². The third-order valence-corrected chi connectivity index (χ3v) is 10.2. The molecule has 1 aromatic carbocycles. The number of rotatable bonds is 8. The minimum Gasteiger partial charge on any atom is -0.379 e. The first kappa shape index (κ1) is 29.5. The van der Waals surface area contributed by atoms with E-state index >= 15 is 0 Å². The molecule has 3 aromatic heterocycles. The van der Waals surface area contributed by atoms with Crippen molar-refractivity contribution in [3.8, 4) is 0 Å². The molecule has 6 rings (SSSR count). The highest BCUT2D eigenvalue weighted by molar-refractivity contribution is 6.76. The maximum Gasteiger partial charge on any atom is 0.314 e. The third kappa shape index (κ3) is 6.51. The number of amides is 2. The molecular weight excluding hydrogens is 562 g/mol. The molecule has 0 radical (unpaired) electrons. The van der Waals surface area contributed by atoms with Crippen LogP contribution >= 0.6 is 0 Å². The molecule has 2 saturated heterocycles. The smallest absolute Gasteiger partial charge is 0.314 e. The summed E-state index contributed by atoms with van der Waals surface area (Å²) >= 11 is 0. The van der Waals surface area contributed by atoms with Crippen LogP contribution in [0, 0.1) is 5.92 Å². The summed E-state index contributed by atoms with van der Waals surface area (Å²) in [6, 6.07) is 7.27. The first-order valence-electron chi connectivity index (χ1n) is 15.2. The SMILES string of the molecule is CC1CCC(c2ccc3cn(C4CCOC4)nc3c2)N(C(=O)C(=O)Nc2cncc3cnn(COCC[Si](C)(C)C)c23)C1. The molecule has 2 amide bonds. The summed E-state index contributed by atoms with van der Waals surface area (Å²) in [5, 5.41) is 13.9. The number of anilines is 1. The number of ether oxygens (including phenoxy) is 2. The third-order valence-electron chi connectivity index (χ3n) is 8.48. The van der Waals surface area contributed by atoms with Crippen LogP contribution in [0.1, 0.15) is 43.8 Å². The number of carbonyl (C=O) groups excluding carboxylic acids is 2. The number of fused-ring (bicyclic) bond motifs is 2. The Labute approximate surface area is 252 Å². The second-order valence-electron chi connectivity index (χ2n) is 13.2. The van der Waals surface area contributed by atoms with Crippen molar-refractivity contribution in [3.63, 3.8) is 0 Å². The lowest BCUT2D eigenvalue weighted by Gasteiger charge is -2.38. The minimum atomic E-state index is -1.22. The van der Waals surface area contributed by atoms with E-state index in [1.807, 2.05) is 4.68 Å². The number of pyridine rings is 1. The molecule has 11 nitrogen and oxygen atoms in total. The number of carbonyl (C=O) groups is 2. The molecule has 3 atom stereocenters. The van der Waals surface area contributed by atoms with Crippen molar-refractivity contribution in [2.24, 2.45) is 5.92 Å². The fourth-order valence-corrected chi connectivity index (χ4v) is 6.72. The molecule has 2 aliphatic rings. The molecule has 12 heteroatoms. The zero-order valence-electron chi connectivity index (χ0n) is 25.5. The van der Waals surface area contributed by atoms with Crippen LogP contribution in [0.15, 0.2) is 43.0 Å². The average molecular weight is 604 g/mol. The van der Waals surface area contributed by atoms with Gasteiger partial charge in [0.1, 0.15) is 6.73 Å². The quantitative estimate of drug-likeness (QED) is 0.171. The number of nitrogens with one attached hydrogen (secondary N) is 1. The Kier molecular flexibility index (Phi) is 8.34. The van der Waals surface area contributed by atoms with E-state index in [1.165, 1.54) is 0 Å². The number of hydrogen-bond donors (Lipinski definition) is 1. The Balaban J connectivity index is 1.20. The summed E-state index contributed by atoms with van der Waals surface area (Å²) in [4.78, 5) is 33.2. The van der Waals surface area contributed by atoms with Crippen molar-refractivity contribution < 1.29 is 19.1 Å². The van der Waals surface area contributed by atoms with Crippen molar-refractivity contribution in [1.82, 2.24) is 29.4 Å². The van der Waals surface area contributed by atoms with Crippen LogP contribution < -0.4 is 5.32 Å². The number of piperidine rings is 1. The van der Waals surface area contributed by atoms with Crippen LogP contribution in [-0.4, -0.2) is 75.7 Å². The van der Waals surface area contributed by atoms with Crippen molar-refractivity contribution in [1.29, 1.82) is 0 Å². The summed E-state index contributed by atoms with van der Waals surface area (Å²) in [5.41, 5.74) is 3.00. The molecule has 1 N–H and O–H groups in total. The standard InChI is InChI=1S/C31H41N7O4Si/c1-21-5-8-28(22-6-7-23-18-37(35-26(23)13-22)25-9-10-41-19-25)36(17-21)31(40)30(39)34-27-16-32-14-24-15-33-38(29(24)27)20-42-11-12-43(2,3)4/h6-7,13-16,18,21,25,28H,5,8-12,17,19-20H2,1-4H3,(H,34,39).